The number of aliphatic hydroxyl groups excluding tert-OH is 1. The van der Waals surface area contributed by atoms with Crippen molar-refractivity contribution >= 4 is 0 Å². The molecule has 100 valence electrons. The van der Waals surface area contributed by atoms with Crippen molar-refractivity contribution in [3.8, 4) is 0 Å². The average molecular weight is 241 g/mol. The van der Waals surface area contributed by atoms with Gasteiger partial charge in [-0.25, -0.2) is 0 Å². The SMILES string of the molecule is CCN(CCCO)C1CCOC2(CCCC2)C1. The lowest BCUT2D eigenvalue weighted by Gasteiger charge is -2.42. The minimum absolute atomic E-state index is 0.218. The third-order valence-corrected chi connectivity index (χ3v) is 4.51. The van der Waals surface area contributed by atoms with E-state index in [9.17, 15) is 0 Å². The molecule has 3 nitrogen and oxygen atoms in total. The van der Waals surface area contributed by atoms with Gasteiger partial charge in [0.2, 0.25) is 0 Å². The first-order valence-corrected chi connectivity index (χ1v) is 7.28. The molecule has 1 aliphatic carbocycles. The Labute approximate surface area is 105 Å². The van der Waals surface area contributed by atoms with Crippen LogP contribution in [0.15, 0.2) is 0 Å². The highest BCUT2D eigenvalue weighted by Gasteiger charge is 2.41. The molecule has 1 heterocycles. The van der Waals surface area contributed by atoms with Crippen LogP contribution >= 0.6 is 0 Å². The lowest BCUT2D eigenvalue weighted by Crippen LogP contribution is -2.47. The van der Waals surface area contributed by atoms with Crippen molar-refractivity contribution < 1.29 is 9.84 Å². The summed E-state index contributed by atoms with van der Waals surface area (Å²) in [6.45, 7) is 5.60. The first kappa shape index (κ1) is 13.3. The van der Waals surface area contributed by atoms with Gasteiger partial charge in [0.1, 0.15) is 0 Å². The monoisotopic (exact) mass is 241 g/mol. The first-order chi connectivity index (χ1) is 8.29. The van der Waals surface area contributed by atoms with Gasteiger partial charge in [0, 0.05) is 25.8 Å². The standard InChI is InChI=1S/C14H27NO2/c1-2-15(9-5-10-16)13-6-11-17-14(12-13)7-3-4-8-14/h13,16H,2-12H2,1H3. The number of hydrogen-bond donors (Lipinski definition) is 1. The van der Waals surface area contributed by atoms with Crippen molar-refractivity contribution in [2.75, 3.05) is 26.3 Å². The van der Waals surface area contributed by atoms with Gasteiger partial charge in [0.05, 0.1) is 5.60 Å². The topological polar surface area (TPSA) is 32.7 Å². The quantitative estimate of drug-likeness (QED) is 0.801. The number of nitrogens with zero attached hydrogens (tertiary/aromatic N) is 1. The number of hydrogen-bond acceptors (Lipinski definition) is 3. The van der Waals surface area contributed by atoms with Gasteiger partial charge in [-0.15, -0.1) is 0 Å². The Balaban J connectivity index is 1.90. The van der Waals surface area contributed by atoms with E-state index in [1.165, 1.54) is 38.5 Å². The summed E-state index contributed by atoms with van der Waals surface area (Å²) in [4.78, 5) is 2.54. The van der Waals surface area contributed by atoms with Gasteiger partial charge in [0.25, 0.3) is 0 Å². The molecule has 17 heavy (non-hydrogen) atoms. The number of rotatable bonds is 5. The van der Waals surface area contributed by atoms with Gasteiger partial charge in [-0.1, -0.05) is 19.8 Å². The molecule has 1 saturated heterocycles. The highest BCUT2D eigenvalue weighted by molar-refractivity contribution is 4.94. The van der Waals surface area contributed by atoms with Crippen LogP contribution in [0.4, 0.5) is 0 Å². The Kier molecular flexibility index (Phi) is 4.83. The molecule has 1 spiro atoms. The second-order valence-electron chi connectivity index (χ2n) is 5.59. The van der Waals surface area contributed by atoms with E-state index in [0.29, 0.717) is 12.6 Å². The predicted molar refractivity (Wildman–Crippen MR) is 69.1 cm³/mol. The first-order valence-electron chi connectivity index (χ1n) is 7.28. The van der Waals surface area contributed by atoms with E-state index in [2.05, 4.69) is 11.8 Å². The van der Waals surface area contributed by atoms with Gasteiger partial charge in [-0.3, -0.25) is 0 Å². The summed E-state index contributed by atoms with van der Waals surface area (Å²) in [6, 6.07) is 0.679. The van der Waals surface area contributed by atoms with E-state index in [-0.39, 0.29) is 5.60 Å². The molecule has 1 aliphatic heterocycles. The zero-order chi connectivity index (χ0) is 12.1. The van der Waals surface area contributed by atoms with Crippen LogP contribution in [0.2, 0.25) is 0 Å². The maximum atomic E-state index is 8.96. The van der Waals surface area contributed by atoms with Crippen molar-refractivity contribution in [1.29, 1.82) is 0 Å². The van der Waals surface area contributed by atoms with Crippen LogP contribution in [0.1, 0.15) is 51.9 Å². The molecular weight excluding hydrogens is 214 g/mol. The molecule has 0 radical (unpaired) electrons. The Morgan fingerprint density at radius 3 is 2.76 bits per heavy atom. The maximum Gasteiger partial charge on any atom is 0.0697 e. The summed E-state index contributed by atoms with van der Waals surface area (Å²) in [5.74, 6) is 0. The van der Waals surface area contributed by atoms with E-state index < -0.39 is 0 Å². The van der Waals surface area contributed by atoms with Gasteiger partial charge >= 0.3 is 0 Å². The second-order valence-corrected chi connectivity index (χ2v) is 5.59. The van der Waals surface area contributed by atoms with Crippen molar-refractivity contribution in [3.05, 3.63) is 0 Å². The zero-order valence-corrected chi connectivity index (χ0v) is 11.2. The molecule has 1 saturated carbocycles. The van der Waals surface area contributed by atoms with Crippen molar-refractivity contribution in [2.24, 2.45) is 0 Å². The second kappa shape index (κ2) is 6.17. The minimum Gasteiger partial charge on any atom is -0.396 e. The van der Waals surface area contributed by atoms with E-state index in [1.54, 1.807) is 0 Å². The predicted octanol–water partition coefficient (Wildman–Crippen LogP) is 2.18. The Morgan fingerprint density at radius 1 is 1.35 bits per heavy atom. The number of aliphatic hydroxyl groups is 1. The Bertz CT molecular complexity index is 226. The highest BCUT2D eigenvalue weighted by Crippen LogP contribution is 2.41. The van der Waals surface area contributed by atoms with Crippen LogP contribution in [-0.4, -0.2) is 48.0 Å². The Morgan fingerprint density at radius 2 is 2.12 bits per heavy atom. The van der Waals surface area contributed by atoms with Gasteiger partial charge in [0.15, 0.2) is 0 Å². The van der Waals surface area contributed by atoms with Crippen molar-refractivity contribution in [1.82, 2.24) is 4.90 Å². The third kappa shape index (κ3) is 3.21. The van der Waals surface area contributed by atoms with E-state index in [1.807, 2.05) is 0 Å². The molecule has 2 rings (SSSR count). The molecule has 2 aliphatic rings. The summed E-state index contributed by atoms with van der Waals surface area (Å²) in [6.07, 6.45) is 8.50. The minimum atomic E-state index is 0.218. The van der Waals surface area contributed by atoms with Gasteiger partial charge in [-0.05, 0) is 38.6 Å². The van der Waals surface area contributed by atoms with Crippen LogP contribution in [0.5, 0.6) is 0 Å². The smallest absolute Gasteiger partial charge is 0.0697 e. The summed E-state index contributed by atoms with van der Waals surface area (Å²) >= 11 is 0. The third-order valence-electron chi connectivity index (χ3n) is 4.51. The molecule has 0 amide bonds. The lowest BCUT2D eigenvalue weighted by atomic mass is 9.88. The van der Waals surface area contributed by atoms with Crippen LogP contribution in [-0.2, 0) is 4.74 Å². The van der Waals surface area contributed by atoms with Gasteiger partial charge < -0.3 is 14.7 Å². The largest absolute Gasteiger partial charge is 0.396 e. The van der Waals surface area contributed by atoms with Crippen LogP contribution in [0.25, 0.3) is 0 Å². The van der Waals surface area contributed by atoms with Crippen LogP contribution in [0.3, 0.4) is 0 Å². The summed E-state index contributed by atoms with van der Waals surface area (Å²) in [7, 11) is 0. The lowest BCUT2D eigenvalue weighted by molar-refractivity contribution is -0.101. The molecule has 0 aromatic rings. The summed E-state index contributed by atoms with van der Waals surface area (Å²) < 4.78 is 6.08. The molecule has 0 aromatic heterocycles. The molecule has 1 atom stereocenters. The van der Waals surface area contributed by atoms with E-state index in [4.69, 9.17) is 9.84 Å². The zero-order valence-electron chi connectivity index (χ0n) is 11.2. The molecule has 0 aromatic carbocycles. The molecule has 1 unspecified atom stereocenters. The maximum absolute atomic E-state index is 8.96. The highest BCUT2D eigenvalue weighted by atomic mass is 16.5. The van der Waals surface area contributed by atoms with Crippen molar-refractivity contribution in [2.45, 2.75) is 63.5 Å². The molecule has 1 N–H and O–H groups in total. The summed E-state index contributed by atoms with van der Waals surface area (Å²) in [5.41, 5.74) is 0.218. The summed E-state index contributed by atoms with van der Waals surface area (Å²) in [5, 5.41) is 8.96. The van der Waals surface area contributed by atoms with Crippen LogP contribution < -0.4 is 0 Å². The number of ether oxygens (including phenoxy) is 1. The molecular formula is C14H27NO2. The van der Waals surface area contributed by atoms with E-state index >= 15 is 0 Å². The van der Waals surface area contributed by atoms with Crippen LogP contribution in [0, 0.1) is 0 Å². The Hall–Kier alpha value is -0.120. The fourth-order valence-corrected chi connectivity index (χ4v) is 3.55. The molecule has 0 bridgehead atoms. The fraction of sp³-hybridized carbons (Fsp3) is 1.00. The van der Waals surface area contributed by atoms with E-state index in [0.717, 1.165) is 26.1 Å². The normalized spacial score (nSPS) is 28.1. The molecule has 3 heteroatoms. The average Bonchev–Trinajstić information content (AvgIpc) is 2.78. The van der Waals surface area contributed by atoms with Gasteiger partial charge in [-0.2, -0.15) is 0 Å². The fourth-order valence-electron chi connectivity index (χ4n) is 3.55. The molecule has 2 fully saturated rings. The van der Waals surface area contributed by atoms with Crippen molar-refractivity contribution in [3.63, 3.8) is 0 Å².